The topological polar surface area (TPSA) is 110 Å². The van der Waals surface area contributed by atoms with Crippen molar-refractivity contribution in [2.24, 2.45) is 5.73 Å². The van der Waals surface area contributed by atoms with E-state index in [-0.39, 0.29) is 5.56 Å². The fourth-order valence-electron chi connectivity index (χ4n) is 1.14. The molecule has 0 bridgehead atoms. The minimum atomic E-state index is -1.18. The normalized spacial score (nSPS) is 12.5. The molecule has 1 rings (SSSR count). The second kappa shape index (κ2) is 4.73. The molecule has 0 aliphatic rings. The van der Waals surface area contributed by atoms with Gasteiger partial charge in [-0.3, -0.25) is 10.1 Å². The van der Waals surface area contributed by atoms with Crippen LogP contribution in [0.15, 0.2) is 10.5 Å². The number of aliphatic hydroxyl groups excluding tert-OH is 1. The average Bonchev–Trinajstić information content (AvgIpc) is 2.25. The van der Waals surface area contributed by atoms with Gasteiger partial charge < -0.3 is 15.9 Å². The molecule has 0 amide bonds. The maximum absolute atomic E-state index is 13.3. The summed E-state index contributed by atoms with van der Waals surface area (Å²) in [6.45, 7) is -0.525. The summed E-state index contributed by atoms with van der Waals surface area (Å²) in [6, 6.07) is -0.216. The molecular formula is C8H8BrFN2O4. The third kappa shape index (κ3) is 2.13. The largest absolute Gasteiger partial charge is 0.506 e. The Labute approximate surface area is 97.8 Å². The standard InChI is InChI=1S/C8H8BrFN2O4/c9-6-7(10)5(12(15)16)1-3(8(6)14)4(11)2-13/h1,4,13-14H,2,11H2/t4-/m1/s1. The van der Waals surface area contributed by atoms with Gasteiger partial charge in [-0.25, -0.2) is 0 Å². The summed E-state index contributed by atoms with van der Waals surface area (Å²) in [5.41, 5.74) is 4.50. The van der Waals surface area contributed by atoms with Crippen LogP contribution in [0.2, 0.25) is 0 Å². The van der Waals surface area contributed by atoms with Crippen LogP contribution in [0, 0.1) is 15.9 Å². The van der Waals surface area contributed by atoms with E-state index in [2.05, 4.69) is 15.9 Å². The number of nitrogens with zero attached hydrogens (tertiary/aromatic N) is 1. The van der Waals surface area contributed by atoms with E-state index in [1.807, 2.05) is 0 Å². The first-order valence-corrected chi connectivity index (χ1v) is 4.91. The van der Waals surface area contributed by atoms with E-state index in [1.54, 1.807) is 0 Å². The van der Waals surface area contributed by atoms with Crippen molar-refractivity contribution in [3.8, 4) is 5.75 Å². The van der Waals surface area contributed by atoms with Gasteiger partial charge in [0.2, 0.25) is 5.82 Å². The zero-order valence-corrected chi connectivity index (χ0v) is 9.44. The van der Waals surface area contributed by atoms with Crippen molar-refractivity contribution in [2.75, 3.05) is 6.61 Å². The molecule has 8 heteroatoms. The van der Waals surface area contributed by atoms with Crippen molar-refractivity contribution in [1.29, 1.82) is 0 Å². The average molecular weight is 295 g/mol. The smallest absolute Gasteiger partial charge is 0.306 e. The highest BCUT2D eigenvalue weighted by Crippen LogP contribution is 2.38. The Morgan fingerprint density at radius 2 is 2.25 bits per heavy atom. The number of rotatable bonds is 3. The summed E-state index contributed by atoms with van der Waals surface area (Å²) in [7, 11) is 0. The summed E-state index contributed by atoms with van der Waals surface area (Å²) in [5.74, 6) is -1.74. The van der Waals surface area contributed by atoms with Crippen molar-refractivity contribution in [1.82, 2.24) is 0 Å². The predicted octanol–water partition coefficient (Wildman–Crippen LogP) is 1.19. The summed E-state index contributed by atoms with van der Waals surface area (Å²) < 4.78 is 12.9. The summed E-state index contributed by atoms with van der Waals surface area (Å²) in [6.07, 6.45) is 0. The number of nitrogens with two attached hydrogens (primary N) is 1. The van der Waals surface area contributed by atoms with Gasteiger partial charge >= 0.3 is 5.69 Å². The van der Waals surface area contributed by atoms with E-state index in [9.17, 15) is 19.6 Å². The van der Waals surface area contributed by atoms with E-state index in [0.29, 0.717) is 0 Å². The number of nitro benzene ring substituents is 1. The maximum Gasteiger partial charge on any atom is 0.306 e. The van der Waals surface area contributed by atoms with Crippen LogP contribution in [0.25, 0.3) is 0 Å². The van der Waals surface area contributed by atoms with E-state index in [4.69, 9.17) is 10.8 Å². The molecule has 1 aromatic rings. The molecule has 16 heavy (non-hydrogen) atoms. The number of hydrogen-bond donors (Lipinski definition) is 3. The van der Waals surface area contributed by atoms with Crippen LogP contribution in [0.1, 0.15) is 11.6 Å². The molecule has 0 saturated heterocycles. The predicted molar refractivity (Wildman–Crippen MR) is 56.4 cm³/mol. The van der Waals surface area contributed by atoms with Crippen molar-refractivity contribution >= 4 is 21.6 Å². The number of phenols is 1. The van der Waals surface area contributed by atoms with Gasteiger partial charge in [0.25, 0.3) is 0 Å². The Morgan fingerprint density at radius 1 is 1.69 bits per heavy atom. The number of nitro groups is 1. The van der Waals surface area contributed by atoms with Crippen LogP contribution in [0.5, 0.6) is 5.75 Å². The summed E-state index contributed by atoms with van der Waals surface area (Å²) in [5, 5.41) is 28.8. The fraction of sp³-hybridized carbons (Fsp3) is 0.250. The highest BCUT2D eigenvalue weighted by molar-refractivity contribution is 9.10. The lowest BCUT2D eigenvalue weighted by molar-refractivity contribution is -0.387. The van der Waals surface area contributed by atoms with Gasteiger partial charge in [0.05, 0.1) is 17.6 Å². The number of phenolic OH excluding ortho intramolecular Hbond substituents is 1. The lowest BCUT2D eigenvalue weighted by Gasteiger charge is -2.12. The Balaban J connectivity index is 3.47. The van der Waals surface area contributed by atoms with Crippen molar-refractivity contribution < 1.29 is 19.5 Å². The quantitative estimate of drug-likeness (QED) is 0.573. The second-order valence-corrected chi connectivity index (χ2v) is 3.80. The molecule has 0 saturated carbocycles. The van der Waals surface area contributed by atoms with E-state index >= 15 is 0 Å². The molecule has 0 radical (unpaired) electrons. The lowest BCUT2D eigenvalue weighted by Crippen LogP contribution is -2.15. The summed E-state index contributed by atoms with van der Waals surface area (Å²) >= 11 is 2.68. The fourth-order valence-corrected chi connectivity index (χ4v) is 1.57. The molecule has 0 aliphatic carbocycles. The Morgan fingerprint density at radius 3 is 2.69 bits per heavy atom. The van der Waals surface area contributed by atoms with Crippen LogP contribution in [-0.2, 0) is 0 Å². The Hall–Kier alpha value is -1.25. The molecule has 88 valence electrons. The van der Waals surface area contributed by atoms with E-state index in [1.165, 1.54) is 0 Å². The van der Waals surface area contributed by atoms with Crippen molar-refractivity contribution in [2.45, 2.75) is 6.04 Å². The molecule has 6 nitrogen and oxygen atoms in total. The summed E-state index contributed by atoms with van der Waals surface area (Å²) in [4.78, 5) is 9.57. The molecule has 1 atom stereocenters. The first kappa shape index (κ1) is 12.8. The second-order valence-electron chi connectivity index (χ2n) is 3.01. The highest BCUT2D eigenvalue weighted by atomic mass is 79.9. The van der Waals surface area contributed by atoms with E-state index < -0.39 is 39.3 Å². The van der Waals surface area contributed by atoms with Gasteiger partial charge in [-0.2, -0.15) is 4.39 Å². The molecular weight excluding hydrogens is 287 g/mol. The van der Waals surface area contributed by atoms with Crippen LogP contribution in [-0.4, -0.2) is 21.7 Å². The number of hydrogen-bond acceptors (Lipinski definition) is 5. The zero-order valence-electron chi connectivity index (χ0n) is 7.85. The molecule has 0 fully saturated rings. The SMILES string of the molecule is N[C@H](CO)c1cc([N+](=O)[O-])c(F)c(Br)c1O. The first-order chi connectivity index (χ1) is 7.40. The number of aliphatic hydroxyl groups is 1. The monoisotopic (exact) mass is 294 g/mol. The van der Waals surface area contributed by atoms with Crippen molar-refractivity contribution in [3.63, 3.8) is 0 Å². The van der Waals surface area contributed by atoms with Gasteiger partial charge in [0.15, 0.2) is 0 Å². The van der Waals surface area contributed by atoms with Gasteiger partial charge in [-0.05, 0) is 15.9 Å². The minimum Gasteiger partial charge on any atom is -0.506 e. The number of aromatic hydroxyl groups is 1. The zero-order chi connectivity index (χ0) is 12.5. The van der Waals surface area contributed by atoms with Crippen LogP contribution < -0.4 is 5.73 Å². The van der Waals surface area contributed by atoms with Crippen LogP contribution in [0.3, 0.4) is 0 Å². The van der Waals surface area contributed by atoms with Gasteiger partial charge in [-0.15, -0.1) is 0 Å². The van der Waals surface area contributed by atoms with Gasteiger partial charge in [0.1, 0.15) is 10.2 Å². The molecule has 0 spiro atoms. The van der Waals surface area contributed by atoms with Gasteiger partial charge in [-0.1, -0.05) is 0 Å². The lowest BCUT2D eigenvalue weighted by atomic mass is 10.1. The third-order valence-electron chi connectivity index (χ3n) is 1.98. The molecule has 0 heterocycles. The molecule has 0 unspecified atom stereocenters. The van der Waals surface area contributed by atoms with E-state index in [0.717, 1.165) is 6.07 Å². The molecule has 1 aromatic carbocycles. The number of halogens is 2. The Bertz CT molecular complexity index is 441. The Kier molecular flexibility index (Phi) is 3.79. The number of benzene rings is 1. The molecule has 4 N–H and O–H groups in total. The van der Waals surface area contributed by atoms with Crippen molar-refractivity contribution in [3.05, 3.63) is 32.0 Å². The third-order valence-corrected chi connectivity index (χ3v) is 2.71. The molecule has 0 aromatic heterocycles. The highest BCUT2D eigenvalue weighted by Gasteiger charge is 2.25. The maximum atomic E-state index is 13.3. The van der Waals surface area contributed by atoms with Gasteiger partial charge in [0, 0.05) is 11.6 Å². The van der Waals surface area contributed by atoms with Crippen LogP contribution >= 0.6 is 15.9 Å². The first-order valence-electron chi connectivity index (χ1n) is 4.11. The van der Waals surface area contributed by atoms with Crippen LogP contribution in [0.4, 0.5) is 10.1 Å². The molecule has 0 aliphatic heterocycles. The minimum absolute atomic E-state index is 0.0949.